The van der Waals surface area contributed by atoms with Crippen LogP contribution in [0.4, 0.5) is 4.39 Å². The average Bonchev–Trinajstić information content (AvgIpc) is 3.41. The maximum atomic E-state index is 15.2. The number of fused-ring (bicyclic) bond motifs is 1. The second-order valence-corrected chi connectivity index (χ2v) is 9.30. The minimum atomic E-state index is -1.39. The molecule has 2 fully saturated rings. The molecular weight excluding hydrogens is 463 g/mol. The van der Waals surface area contributed by atoms with Crippen molar-refractivity contribution in [2.45, 2.75) is 63.5 Å². The lowest BCUT2D eigenvalue weighted by Crippen LogP contribution is -2.28. The highest BCUT2D eigenvalue weighted by molar-refractivity contribution is 5.90. The highest BCUT2D eigenvalue weighted by atomic mass is 19.1. The van der Waals surface area contributed by atoms with Gasteiger partial charge in [0.05, 0.1) is 17.5 Å². The van der Waals surface area contributed by atoms with Gasteiger partial charge in [-0.1, -0.05) is 62.2 Å². The standard InChI is InChI=1S/C29H31FO6/c1-2-3-14-23(30)24(35-28(32)19-10-6-4-7-11-19)16-15-21-22-17-27(31)34-26(22)18-25(21)36-29(33)20-12-8-5-9-13-20/h4-13,15-16,21-26H,2-3,14,17-18H2,1H3/t21-,22-,23+,24+,25-,26+/m1/s1. The summed E-state index contributed by atoms with van der Waals surface area (Å²) in [6.07, 6.45) is 2.15. The van der Waals surface area contributed by atoms with Crippen LogP contribution in [0, 0.1) is 11.8 Å². The number of carbonyl (C=O) groups excluding carboxylic acids is 3. The molecule has 7 heteroatoms. The van der Waals surface area contributed by atoms with Crippen LogP contribution in [0.15, 0.2) is 72.8 Å². The Balaban J connectivity index is 1.53. The van der Waals surface area contributed by atoms with E-state index in [0.717, 1.165) is 6.42 Å². The summed E-state index contributed by atoms with van der Waals surface area (Å²) in [7, 11) is 0. The largest absolute Gasteiger partial charge is 0.462 e. The second-order valence-electron chi connectivity index (χ2n) is 9.30. The summed E-state index contributed by atoms with van der Waals surface area (Å²) >= 11 is 0. The molecule has 0 aromatic heterocycles. The first-order chi connectivity index (χ1) is 17.5. The molecule has 0 N–H and O–H groups in total. The van der Waals surface area contributed by atoms with E-state index in [0.29, 0.717) is 24.0 Å². The van der Waals surface area contributed by atoms with Crippen molar-refractivity contribution in [3.63, 3.8) is 0 Å². The highest BCUT2D eigenvalue weighted by Gasteiger charge is 2.50. The molecule has 6 atom stereocenters. The zero-order valence-electron chi connectivity index (χ0n) is 20.3. The normalized spacial score (nSPS) is 24.7. The van der Waals surface area contributed by atoms with E-state index < -0.39 is 30.3 Å². The third-order valence-electron chi connectivity index (χ3n) is 6.78. The Kier molecular flexibility index (Phi) is 8.52. The van der Waals surface area contributed by atoms with Crippen LogP contribution in [-0.4, -0.2) is 42.4 Å². The smallest absolute Gasteiger partial charge is 0.338 e. The molecule has 1 heterocycles. The van der Waals surface area contributed by atoms with E-state index in [1.54, 1.807) is 66.7 Å². The Morgan fingerprint density at radius 3 is 2.33 bits per heavy atom. The molecule has 1 aliphatic carbocycles. The predicted molar refractivity (Wildman–Crippen MR) is 131 cm³/mol. The summed E-state index contributed by atoms with van der Waals surface area (Å²) < 4.78 is 32.0. The molecule has 1 saturated carbocycles. The first-order valence-electron chi connectivity index (χ1n) is 12.5. The molecule has 4 rings (SSSR count). The van der Waals surface area contributed by atoms with Gasteiger partial charge in [-0.15, -0.1) is 0 Å². The average molecular weight is 495 g/mol. The predicted octanol–water partition coefficient (Wildman–Crippen LogP) is 5.47. The van der Waals surface area contributed by atoms with E-state index in [2.05, 4.69) is 0 Å². The molecule has 1 aliphatic heterocycles. The second kappa shape index (κ2) is 12.0. The van der Waals surface area contributed by atoms with Crippen LogP contribution >= 0.6 is 0 Å². The van der Waals surface area contributed by atoms with Crippen molar-refractivity contribution in [3.05, 3.63) is 83.9 Å². The van der Waals surface area contributed by atoms with Gasteiger partial charge in [-0.25, -0.2) is 14.0 Å². The lowest BCUT2D eigenvalue weighted by Gasteiger charge is -2.22. The Labute approximate surface area is 210 Å². The maximum Gasteiger partial charge on any atom is 0.338 e. The van der Waals surface area contributed by atoms with Gasteiger partial charge in [0, 0.05) is 18.3 Å². The number of halogens is 1. The summed E-state index contributed by atoms with van der Waals surface area (Å²) in [5.74, 6) is -1.94. The van der Waals surface area contributed by atoms with Gasteiger partial charge >= 0.3 is 17.9 Å². The number of ether oxygens (including phenoxy) is 3. The van der Waals surface area contributed by atoms with Gasteiger partial charge in [0.25, 0.3) is 0 Å². The van der Waals surface area contributed by atoms with Gasteiger partial charge < -0.3 is 14.2 Å². The minimum Gasteiger partial charge on any atom is -0.462 e. The fourth-order valence-corrected chi connectivity index (χ4v) is 4.87. The number of carbonyl (C=O) groups is 3. The summed E-state index contributed by atoms with van der Waals surface area (Å²) in [5.41, 5.74) is 0.760. The Hall–Kier alpha value is -3.48. The number of esters is 3. The minimum absolute atomic E-state index is 0.193. The molecule has 0 spiro atoms. The van der Waals surface area contributed by atoms with Crippen molar-refractivity contribution >= 4 is 17.9 Å². The number of unbranched alkanes of at least 4 members (excludes halogenated alkanes) is 1. The maximum absolute atomic E-state index is 15.2. The number of rotatable bonds is 10. The first kappa shape index (κ1) is 25.6. The molecule has 2 aromatic rings. The molecule has 6 nitrogen and oxygen atoms in total. The van der Waals surface area contributed by atoms with Gasteiger partial charge in [0.15, 0.2) is 6.10 Å². The fraction of sp³-hybridized carbons (Fsp3) is 0.414. The van der Waals surface area contributed by atoms with Crippen LogP contribution in [0.5, 0.6) is 0 Å². The third-order valence-corrected chi connectivity index (χ3v) is 6.78. The van der Waals surface area contributed by atoms with Crippen LogP contribution in [-0.2, 0) is 19.0 Å². The lowest BCUT2D eigenvalue weighted by atomic mass is 9.91. The van der Waals surface area contributed by atoms with Crippen molar-refractivity contribution in [2.24, 2.45) is 11.8 Å². The Morgan fingerprint density at radius 1 is 1.06 bits per heavy atom. The third kappa shape index (κ3) is 6.20. The van der Waals surface area contributed by atoms with E-state index in [-0.39, 0.29) is 36.8 Å². The molecule has 1 saturated heterocycles. The lowest BCUT2D eigenvalue weighted by molar-refractivity contribution is -0.141. The van der Waals surface area contributed by atoms with Crippen molar-refractivity contribution in [3.8, 4) is 0 Å². The monoisotopic (exact) mass is 494 g/mol. The SMILES string of the molecule is CCCC[C@H](F)[C@H](C=C[C@@H]1[C@H]2CC(=O)O[C@H]2C[C@H]1OC(=O)c1ccccc1)OC(=O)c1ccccc1. The van der Waals surface area contributed by atoms with Crippen LogP contribution in [0.3, 0.4) is 0 Å². The van der Waals surface area contributed by atoms with Gasteiger partial charge in [0.1, 0.15) is 18.4 Å². The van der Waals surface area contributed by atoms with E-state index in [1.165, 1.54) is 0 Å². The van der Waals surface area contributed by atoms with E-state index in [1.807, 2.05) is 13.0 Å². The molecule has 36 heavy (non-hydrogen) atoms. The number of hydrogen-bond donors (Lipinski definition) is 0. The summed E-state index contributed by atoms with van der Waals surface area (Å²) in [5, 5.41) is 0. The topological polar surface area (TPSA) is 78.9 Å². The number of alkyl halides is 1. The molecule has 0 amide bonds. The quantitative estimate of drug-likeness (QED) is 0.247. The summed E-state index contributed by atoms with van der Waals surface area (Å²) in [6.45, 7) is 1.97. The Bertz CT molecular complexity index is 1070. The fourth-order valence-electron chi connectivity index (χ4n) is 4.87. The van der Waals surface area contributed by atoms with Crippen LogP contribution in [0.25, 0.3) is 0 Å². The summed E-state index contributed by atoms with van der Waals surface area (Å²) in [6, 6.07) is 17.1. The molecule has 2 aromatic carbocycles. The summed E-state index contributed by atoms with van der Waals surface area (Å²) in [4.78, 5) is 37.3. The van der Waals surface area contributed by atoms with Crippen molar-refractivity contribution in [2.75, 3.05) is 0 Å². The molecule has 2 aliphatic rings. The van der Waals surface area contributed by atoms with Gasteiger partial charge in [-0.2, -0.15) is 0 Å². The van der Waals surface area contributed by atoms with Gasteiger partial charge in [-0.3, -0.25) is 4.79 Å². The van der Waals surface area contributed by atoms with Crippen LogP contribution < -0.4 is 0 Å². The Morgan fingerprint density at radius 2 is 1.69 bits per heavy atom. The zero-order chi connectivity index (χ0) is 25.5. The highest BCUT2D eigenvalue weighted by Crippen LogP contribution is 2.44. The molecule has 190 valence electrons. The van der Waals surface area contributed by atoms with Crippen molar-refractivity contribution in [1.29, 1.82) is 0 Å². The van der Waals surface area contributed by atoms with Gasteiger partial charge in [0.2, 0.25) is 0 Å². The van der Waals surface area contributed by atoms with Crippen molar-refractivity contribution < 1.29 is 33.0 Å². The van der Waals surface area contributed by atoms with Crippen LogP contribution in [0.2, 0.25) is 0 Å². The number of benzene rings is 2. The van der Waals surface area contributed by atoms with Crippen LogP contribution in [0.1, 0.15) is 59.7 Å². The van der Waals surface area contributed by atoms with E-state index in [4.69, 9.17) is 14.2 Å². The first-order valence-corrected chi connectivity index (χ1v) is 12.5. The molecule has 0 unspecified atom stereocenters. The molecule has 0 bridgehead atoms. The van der Waals surface area contributed by atoms with Gasteiger partial charge in [-0.05, 0) is 36.8 Å². The van der Waals surface area contributed by atoms with Crippen molar-refractivity contribution in [1.82, 2.24) is 0 Å². The van der Waals surface area contributed by atoms with E-state index in [9.17, 15) is 14.4 Å². The van der Waals surface area contributed by atoms with E-state index >= 15 is 4.39 Å². The number of hydrogen-bond acceptors (Lipinski definition) is 6. The molecule has 0 radical (unpaired) electrons. The zero-order valence-corrected chi connectivity index (χ0v) is 20.3. The molecular formula is C29H31FO6.